The molecule has 2 rings (SSSR count). The summed E-state index contributed by atoms with van der Waals surface area (Å²) < 4.78 is 32.1. The molecule has 20 heavy (non-hydrogen) atoms. The van der Waals surface area contributed by atoms with Gasteiger partial charge in [-0.25, -0.2) is 8.78 Å². The lowest BCUT2D eigenvalue weighted by Gasteiger charge is -2.32. The molecule has 1 fully saturated rings. The van der Waals surface area contributed by atoms with E-state index in [1.807, 2.05) is 0 Å². The van der Waals surface area contributed by atoms with Gasteiger partial charge < -0.3 is 9.84 Å². The molecule has 1 saturated heterocycles. The van der Waals surface area contributed by atoms with Crippen LogP contribution in [0.25, 0.3) is 0 Å². The van der Waals surface area contributed by atoms with Gasteiger partial charge >= 0.3 is 0 Å². The molecule has 0 amide bonds. The topological polar surface area (TPSA) is 32.7 Å². The van der Waals surface area contributed by atoms with Gasteiger partial charge in [0.05, 0.1) is 6.10 Å². The Morgan fingerprint density at radius 3 is 2.65 bits per heavy atom. The molecule has 1 N–H and O–H groups in total. The van der Waals surface area contributed by atoms with E-state index in [2.05, 4.69) is 4.90 Å². The lowest BCUT2D eigenvalue weighted by atomic mass is 10.1. The van der Waals surface area contributed by atoms with E-state index in [9.17, 15) is 8.78 Å². The van der Waals surface area contributed by atoms with Gasteiger partial charge in [0.1, 0.15) is 11.6 Å². The fourth-order valence-corrected chi connectivity index (χ4v) is 2.44. The fraction of sp³-hybridized carbons (Fsp3) is 0.600. The van der Waals surface area contributed by atoms with Gasteiger partial charge in [-0.05, 0) is 25.3 Å². The third-order valence-electron chi connectivity index (χ3n) is 3.60. The van der Waals surface area contributed by atoms with Crippen molar-refractivity contribution >= 4 is 0 Å². The summed E-state index contributed by atoms with van der Waals surface area (Å²) in [6.07, 6.45) is 2.72. The standard InChI is InChI=1S/C15H21F2NO2/c16-13-3-2-12(15(17)10-13)11-18-6-4-14(5-7-18)20-9-1-8-19/h2-3,10,14,19H,1,4-9,11H2. The quantitative estimate of drug-likeness (QED) is 0.814. The number of hydrogen-bond acceptors (Lipinski definition) is 3. The lowest BCUT2D eigenvalue weighted by Crippen LogP contribution is -2.36. The first-order chi connectivity index (χ1) is 9.69. The summed E-state index contributed by atoms with van der Waals surface area (Å²) in [5.41, 5.74) is 0.533. The normalized spacial score (nSPS) is 17.6. The third kappa shape index (κ3) is 4.51. The van der Waals surface area contributed by atoms with Crippen LogP contribution in [0.5, 0.6) is 0 Å². The summed E-state index contributed by atoms with van der Waals surface area (Å²) in [4.78, 5) is 2.15. The van der Waals surface area contributed by atoms with Gasteiger partial charge in [-0.3, -0.25) is 4.90 Å². The van der Waals surface area contributed by atoms with Crippen LogP contribution < -0.4 is 0 Å². The molecule has 3 nitrogen and oxygen atoms in total. The molecule has 0 radical (unpaired) electrons. The van der Waals surface area contributed by atoms with Crippen molar-refractivity contribution in [3.05, 3.63) is 35.4 Å². The fourth-order valence-electron chi connectivity index (χ4n) is 2.44. The Hall–Kier alpha value is -1.04. The van der Waals surface area contributed by atoms with Crippen LogP contribution in [0.3, 0.4) is 0 Å². The predicted molar refractivity (Wildman–Crippen MR) is 72.3 cm³/mol. The molecule has 1 aliphatic rings. The zero-order valence-corrected chi connectivity index (χ0v) is 11.5. The van der Waals surface area contributed by atoms with Gasteiger partial charge in [-0.2, -0.15) is 0 Å². The van der Waals surface area contributed by atoms with Gasteiger partial charge in [0, 0.05) is 44.5 Å². The van der Waals surface area contributed by atoms with Crippen LogP contribution in [0.2, 0.25) is 0 Å². The highest BCUT2D eigenvalue weighted by Gasteiger charge is 2.20. The number of aliphatic hydroxyl groups excluding tert-OH is 1. The number of benzene rings is 1. The molecule has 0 aliphatic carbocycles. The minimum atomic E-state index is -0.540. The molecule has 5 heteroatoms. The number of piperidine rings is 1. The minimum Gasteiger partial charge on any atom is -0.396 e. The first kappa shape index (κ1) is 15.4. The molecule has 0 spiro atoms. The van der Waals surface area contributed by atoms with Crippen LogP contribution in [0, 0.1) is 11.6 Å². The highest BCUT2D eigenvalue weighted by molar-refractivity contribution is 5.18. The average molecular weight is 285 g/mol. The second-order valence-electron chi connectivity index (χ2n) is 5.16. The van der Waals surface area contributed by atoms with Gasteiger partial charge in [-0.1, -0.05) is 6.07 Å². The molecule has 1 aliphatic heterocycles. The number of ether oxygens (including phenoxy) is 1. The van der Waals surface area contributed by atoms with E-state index in [-0.39, 0.29) is 12.7 Å². The second-order valence-corrected chi connectivity index (χ2v) is 5.16. The predicted octanol–water partition coefficient (Wildman–Crippen LogP) is 2.33. The Morgan fingerprint density at radius 1 is 1.25 bits per heavy atom. The molecule has 0 aromatic heterocycles. The molecular weight excluding hydrogens is 264 g/mol. The maximum absolute atomic E-state index is 13.6. The molecule has 1 heterocycles. The van der Waals surface area contributed by atoms with E-state index in [1.54, 1.807) is 0 Å². The van der Waals surface area contributed by atoms with E-state index in [1.165, 1.54) is 12.1 Å². The van der Waals surface area contributed by atoms with Crippen molar-refractivity contribution in [2.45, 2.75) is 31.9 Å². The van der Waals surface area contributed by atoms with E-state index in [0.717, 1.165) is 32.0 Å². The Kier molecular flexibility index (Phi) is 5.88. The van der Waals surface area contributed by atoms with Crippen LogP contribution in [-0.4, -0.2) is 42.4 Å². The highest BCUT2D eigenvalue weighted by atomic mass is 19.1. The monoisotopic (exact) mass is 285 g/mol. The van der Waals surface area contributed by atoms with Crippen LogP contribution in [0.15, 0.2) is 18.2 Å². The average Bonchev–Trinajstić information content (AvgIpc) is 2.44. The van der Waals surface area contributed by atoms with Gasteiger partial charge in [0.2, 0.25) is 0 Å². The number of halogens is 2. The Labute approximate surface area is 118 Å². The largest absolute Gasteiger partial charge is 0.396 e. The van der Waals surface area contributed by atoms with E-state index < -0.39 is 11.6 Å². The zero-order valence-electron chi connectivity index (χ0n) is 11.5. The molecule has 0 atom stereocenters. The summed E-state index contributed by atoms with van der Waals surface area (Å²) in [5.74, 6) is -1.02. The number of aliphatic hydroxyl groups is 1. The number of hydrogen-bond donors (Lipinski definition) is 1. The van der Waals surface area contributed by atoms with Crippen molar-refractivity contribution in [1.29, 1.82) is 0 Å². The van der Waals surface area contributed by atoms with Crippen molar-refractivity contribution in [2.75, 3.05) is 26.3 Å². The van der Waals surface area contributed by atoms with Gasteiger partial charge in [-0.15, -0.1) is 0 Å². The van der Waals surface area contributed by atoms with Crippen molar-refractivity contribution < 1.29 is 18.6 Å². The summed E-state index contributed by atoms with van der Waals surface area (Å²) in [6, 6.07) is 3.73. The molecule has 1 aromatic carbocycles. The van der Waals surface area contributed by atoms with Gasteiger partial charge in [0.15, 0.2) is 0 Å². The van der Waals surface area contributed by atoms with E-state index >= 15 is 0 Å². The Balaban J connectivity index is 1.76. The summed E-state index contributed by atoms with van der Waals surface area (Å²) >= 11 is 0. The molecule has 0 saturated carbocycles. The number of likely N-dealkylation sites (tertiary alicyclic amines) is 1. The highest BCUT2D eigenvalue weighted by Crippen LogP contribution is 2.18. The summed E-state index contributed by atoms with van der Waals surface area (Å²) in [6.45, 7) is 2.95. The lowest BCUT2D eigenvalue weighted by molar-refractivity contribution is 0.000628. The second kappa shape index (κ2) is 7.67. The van der Waals surface area contributed by atoms with Crippen molar-refractivity contribution in [3.8, 4) is 0 Å². The molecule has 0 bridgehead atoms. The molecule has 0 unspecified atom stereocenters. The maximum Gasteiger partial charge on any atom is 0.130 e. The first-order valence-electron chi connectivity index (χ1n) is 7.08. The van der Waals surface area contributed by atoms with Crippen LogP contribution in [0.4, 0.5) is 8.78 Å². The van der Waals surface area contributed by atoms with Crippen LogP contribution >= 0.6 is 0 Å². The summed E-state index contributed by atoms with van der Waals surface area (Å²) in [5, 5.41) is 8.70. The first-order valence-corrected chi connectivity index (χ1v) is 7.08. The number of rotatable bonds is 6. The third-order valence-corrected chi connectivity index (χ3v) is 3.60. The minimum absolute atomic E-state index is 0.155. The molecule has 112 valence electrons. The van der Waals surface area contributed by atoms with E-state index in [4.69, 9.17) is 9.84 Å². The maximum atomic E-state index is 13.6. The Morgan fingerprint density at radius 2 is 2.00 bits per heavy atom. The molecule has 1 aromatic rings. The van der Waals surface area contributed by atoms with Crippen molar-refractivity contribution in [1.82, 2.24) is 4.90 Å². The van der Waals surface area contributed by atoms with Gasteiger partial charge in [0.25, 0.3) is 0 Å². The SMILES string of the molecule is OCCCOC1CCN(Cc2ccc(F)cc2F)CC1. The van der Waals surface area contributed by atoms with E-state index in [0.29, 0.717) is 25.1 Å². The summed E-state index contributed by atoms with van der Waals surface area (Å²) in [7, 11) is 0. The molecular formula is C15H21F2NO2. The Bertz CT molecular complexity index is 420. The number of nitrogens with zero attached hydrogens (tertiary/aromatic N) is 1. The zero-order chi connectivity index (χ0) is 14.4. The van der Waals surface area contributed by atoms with Crippen molar-refractivity contribution in [3.63, 3.8) is 0 Å². The van der Waals surface area contributed by atoms with Crippen LogP contribution in [-0.2, 0) is 11.3 Å². The smallest absolute Gasteiger partial charge is 0.130 e. The van der Waals surface area contributed by atoms with Crippen LogP contribution in [0.1, 0.15) is 24.8 Å². The van der Waals surface area contributed by atoms with Crippen molar-refractivity contribution in [2.24, 2.45) is 0 Å².